The van der Waals surface area contributed by atoms with Gasteiger partial charge in [-0.3, -0.25) is 4.79 Å². The summed E-state index contributed by atoms with van der Waals surface area (Å²) in [5, 5.41) is 0.955. The fourth-order valence-electron chi connectivity index (χ4n) is 2.74. The third-order valence-corrected chi connectivity index (χ3v) is 4.37. The van der Waals surface area contributed by atoms with Crippen molar-refractivity contribution in [2.24, 2.45) is 0 Å². The van der Waals surface area contributed by atoms with E-state index in [2.05, 4.69) is 0 Å². The Morgan fingerprint density at radius 1 is 0.926 bits per heavy atom. The Hall–Kier alpha value is -3.37. The van der Waals surface area contributed by atoms with Crippen LogP contribution < -0.4 is 10.2 Å². The van der Waals surface area contributed by atoms with Crippen LogP contribution in [0.1, 0.15) is 10.4 Å². The predicted octanol–water partition coefficient (Wildman–Crippen LogP) is 5.33. The summed E-state index contributed by atoms with van der Waals surface area (Å²) in [7, 11) is 0. The summed E-state index contributed by atoms with van der Waals surface area (Å²) in [5.74, 6) is -0.229. The van der Waals surface area contributed by atoms with Crippen LogP contribution in [0.4, 0.5) is 0 Å². The van der Waals surface area contributed by atoms with Crippen LogP contribution >= 0.6 is 11.6 Å². The number of halogens is 1. The molecule has 1 heterocycles. The molecule has 0 atom stereocenters. The minimum atomic E-state index is -0.519. The van der Waals surface area contributed by atoms with Gasteiger partial charge >= 0.3 is 5.97 Å². The van der Waals surface area contributed by atoms with Gasteiger partial charge in [-0.05, 0) is 42.0 Å². The lowest BCUT2D eigenvalue weighted by Crippen LogP contribution is -2.09. The lowest BCUT2D eigenvalue weighted by molar-refractivity contribution is 0.0735. The molecule has 0 aliphatic rings. The molecule has 4 rings (SSSR count). The summed E-state index contributed by atoms with van der Waals surface area (Å²) in [6.45, 7) is 0. The normalized spacial score (nSPS) is 10.7. The molecule has 27 heavy (non-hydrogen) atoms. The first-order valence-electron chi connectivity index (χ1n) is 8.20. The Morgan fingerprint density at radius 2 is 1.67 bits per heavy atom. The molecule has 132 valence electrons. The highest BCUT2D eigenvalue weighted by atomic mass is 35.5. The van der Waals surface area contributed by atoms with E-state index < -0.39 is 5.97 Å². The zero-order chi connectivity index (χ0) is 18.8. The number of fused-ring (bicyclic) bond motifs is 1. The predicted molar refractivity (Wildman–Crippen MR) is 104 cm³/mol. The maximum Gasteiger partial charge on any atom is 0.343 e. The van der Waals surface area contributed by atoms with Gasteiger partial charge in [-0.25, -0.2) is 4.79 Å². The number of carbonyl (C=O) groups is 1. The number of esters is 1. The zero-order valence-corrected chi connectivity index (χ0v) is 14.8. The number of ether oxygens (including phenoxy) is 1. The Bertz CT molecular complexity index is 1180. The third kappa shape index (κ3) is 3.48. The number of benzene rings is 3. The van der Waals surface area contributed by atoms with E-state index in [-0.39, 0.29) is 11.2 Å². The van der Waals surface area contributed by atoms with Gasteiger partial charge < -0.3 is 9.15 Å². The molecule has 0 fully saturated rings. The van der Waals surface area contributed by atoms with Gasteiger partial charge in [0, 0.05) is 11.1 Å². The van der Waals surface area contributed by atoms with Crippen molar-refractivity contribution < 1.29 is 13.9 Å². The summed E-state index contributed by atoms with van der Waals surface area (Å²) in [6, 6.07) is 20.4. The molecule has 0 aliphatic heterocycles. The standard InChI is InChI=1S/C22H13ClO4/c23-16-8-6-15(7-9-16)22(25)27-17-10-11-18-20(12-17)26-13-19(21(18)24)14-4-2-1-3-5-14/h1-13H. The van der Waals surface area contributed by atoms with Crippen molar-refractivity contribution in [3.05, 3.63) is 99.9 Å². The smallest absolute Gasteiger partial charge is 0.343 e. The van der Waals surface area contributed by atoms with E-state index in [0.29, 0.717) is 27.1 Å². The van der Waals surface area contributed by atoms with Crippen molar-refractivity contribution in [2.45, 2.75) is 0 Å². The van der Waals surface area contributed by atoms with Crippen LogP contribution in [-0.2, 0) is 0 Å². The Kier molecular flexibility index (Phi) is 4.48. The lowest BCUT2D eigenvalue weighted by atomic mass is 10.1. The lowest BCUT2D eigenvalue weighted by Gasteiger charge is -2.06. The summed E-state index contributed by atoms with van der Waals surface area (Å²) < 4.78 is 11.0. The Balaban J connectivity index is 1.66. The van der Waals surface area contributed by atoms with E-state index >= 15 is 0 Å². The molecule has 1 aromatic heterocycles. The van der Waals surface area contributed by atoms with Crippen molar-refractivity contribution in [1.82, 2.24) is 0 Å². The van der Waals surface area contributed by atoms with Crippen molar-refractivity contribution in [3.8, 4) is 16.9 Å². The van der Waals surface area contributed by atoms with Gasteiger partial charge in [0.1, 0.15) is 17.6 Å². The largest absolute Gasteiger partial charge is 0.463 e. The molecule has 0 N–H and O–H groups in total. The molecule has 0 amide bonds. The van der Waals surface area contributed by atoms with Gasteiger partial charge in [-0.15, -0.1) is 0 Å². The van der Waals surface area contributed by atoms with Crippen molar-refractivity contribution >= 4 is 28.5 Å². The summed E-state index contributed by atoms with van der Waals surface area (Å²) in [6.07, 6.45) is 1.42. The van der Waals surface area contributed by atoms with Gasteiger partial charge in [-0.1, -0.05) is 41.9 Å². The second kappa shape index (κ2) is 7.09. The van der Waals surface area contributed by atoms with Gasteiger partial charge in [0.25, 0.3) is 0 Å². The molecule has 0 bridgehead atoms. The first-order valence-corrected chi connectivity index (χ1v) is 8.58. The molecular weight excluding hydrogens is 364 g/mol. The summed E-state index contributed by atoms with van der Waals surface area (Å²) >= 11 is 5.82. The summed E-state index contributed by atoms with van der Waals surface area (Å²) in [5.41, 5.74) is 1.85. The van der Waals surface area contributed by atoms with Crippen LogP contribution in [0, 0.1) is 0 Å². The van der Waals surface area contributed by atoms with Gasteiger partial charge in [0.15, 0.2) is 5.43 Å². The van der Waals surface area contributed by atoms with Crippen molar-refractivity contribution in [2.75, 3.05) is 0 Å². The van der Waals surface area contributed by atoms with Gasteiger partial charge in [0.2, 0.25) is 0 Å². The van der Waals surface area contributed by atoms with Crippen LogP contribution in [0.25, 0.3) is 22.1 Å². The number of hydrogen-bond acceptors (Lipinski definition) is 4. The highest BCUT2D eigenvalue weighted by molar-refractivity contribution is 6.30. The van der Waals surface area contributed by atoms with E-state index in [1.807, 2.05) is 30.3 Å². The molecule has 0 spiro atoms. The van der Waals surface area contributed by atoms with E-state index in [1.165, 1.54) is 12.3 Å². The minimum Gasteiger partial charge on any atom is -0.463 e. The van der Waals surface area contributed by atoms with E-state index in [1.54, 1.807) is 36.4 Å². The van der Waals surface area contributed by atoms with Crippen LogP contribution in [0.5, 0.6) is 5.75 Å². The molecule has 0 saturated carbocycles. The molecule has 0 radical (unpaired) electrons. The number of hydrogen-bond donors (Lipinski definition) is 0. The van der Waals surface area contributed by atoms with Crippen molar-refractivity contribution in [3.63, 3.8) is 0 Å². The van der Waals surface area contributed by atoms with Gasteiger partial charge in [0.05, 0.1) is 16.5 Å². The maximum atomic E-state index is 12.7. The summed E-state index contributed by atoms with van der Waals surface area (Å²) in [4.78, 5) is 24.9. The van der Waals surface area contributed by atoms with E-state index in [9.17, 15) is 9.59 Å². The van der Waals surface area contributed by atoms with E-state index in [0.717, 1.165) is 5.56 Å². The van der Waals surface area contributed by atoms with Crippen LogP contribution in [0.2, 0.25) is 5.02 Å². The molecule has 5 heteroatoms. The SMILES string of the molecule is O=C(Oc1ccc2c(=O)c(-c3ccccc3)coc2c1)c1ccc(Cl)cc1. The molecule has 3 aromatic carbocycles. The average molecular weight is 377 g/mol. The maximum absolute atomic E-state index is 12.7. The molecule has 4 aromatic rings. The van der Waals surface area contributed by atoms with Crippen LogP contribution in [0.15, 0.2) is 88.3 Å². The zero-order valence-electron chi connectivity index (χ0n) is 14.0. The first kappa shape index (κ1) is 17.1. The fraction of sp³-hybridized carbons (Fsp3) is 0. The first-order chi connectivity index (χ1) is 13.1. The van der Waals surface area contributed by atoms with Gasteiger partial charge in [-0.2, -0.15) is 0 Å². The number of carbonyl (C=O) groups excluding carboxylic acids is 1. The average Bonchev–Trinajstić information content (AvgIpc) is 2.69. The second-order valence-corrected chi connectivity index (χ2v) is 6.34. The Morgan fingerprint density at radius 3 is 2.41 bits per heavy atom. The molecule has 0 unspecified atom stereocenters. The third-order valence-electron chi connectivity index (χ3n) is 4.12. The molecule has 0 aliphatic carbocycles. The monoisotopic (exact) mass is 376 g/mol. The fourth-order valence-corrected chi connectivity index (χ4v) is 2.87. The highest BCUT2D eigenvalue weighted by Gasteiger charge is 2.12. The quantitative estimate of drug-likeness (QED) is 0.358. The van der Waals surface area contributed by atoms with E-state index in [4.69, 9.17) is 20.8 Å². The Labute approximate surface area is 159 Å². The molecule has 4 nitrogen and oxygen atoms in total. The highest BCUT2D eigenvalue weighted by Crippen LogP contribution is 2.23. The minimum absolute atomic E-state index is 0.141. The van der Waals surface area contributed by atoms with Crippen LogP contribution in [0.3, 0.4) is 0 Å². The molecular formula is C22H13ClO4. The topological polar surface area (TPSA) is 56.5 Å². The van der Waals surface area contributed by atoms with Crippen LogP contribution in [-0.4, -0.2) is 5.97 Å². The molecule has 0 saturated heterocycles. The number of rotatable bonds is 3. The van der Waals surface area contributed by atoms with Crippen molar-refractivity contribution in [1.29, 1.82) is 0 Å². The second-order valence-electron chi connectivity index (χ2n) is 5.90.